The van der Waals surface area contributed by atoms with Crippen LogP contribution in [0.25, 0.3) is 0 Å². The van der Waals surface area contributed by atoms with Crippen LogP contribution < -0.4 is 0 Å². The summed E-state index contributed by atoms with van der Waals surface area (Å²) in [6, 6.07) is 0.471. The smallest absolute Gasteiger partial charge is 0.0537 e. The van der Waals surface area contributed by atoms with E-state index in [9.17, 15) is 0 Å². The van der Waals surface area contributed by atoms with Gasteiger partial charge >= 0.3 is 0 Å². The number of allylic oxidation sites excluding steroid dienone is 1. The molecule has 0 bridgehead atoms. The van der Waals surface area contributed by atoms with E-state index >= 15 is 0 Å². The zero-order valence-corrected chi connectivity index (χ0v) is 11.5. The van der Waals surface area contributed by atoms with Crippen LogP contribution in [0.2, 0.25) is 0 Å². The number of dihydropyridines is 1. The standard InChI is InChI=1S/C10H17N.Y/c1-6-7(2)9(4)11-10(5)8(6)3;/h7,9H,1-5H3;/t7-,9-;/m1./s1. The Morgan fingerprint density at radius 2 is 1.58 bits per heavy atom. The van der Waals surface area contributed by atoms with E-state index < -0.39 is 0 Å². The molecule has 0 aromatic carbocycles. The van der Waals surface area contributed by atoms with E-state index in [1.165, 1.54) is 16.9 Å². The summed E-state index contributed by atoms with van der Waals surface area (Å²) in [5.41, 5.74) is 4.11. The Morgan fingerprint density at radius 1 is 1.08 bits per heavy atom. The van der Waals surface area contributed by atoms with Gasteiger partial charge in [-0.3, -0.25) is 4.99 Å². The fourth-order valence-corrected chi connectivity index (χ4v) is 1.50. The van der Waals surface area contributed by atoms with Crippen LogP contribution in [0.15, 0.2) is 16.1 Å². The minimum Gasteiger partial charge on any atom is -0.286 e. The van der Waals surface area contributed by atoms with Crippen molar-refractivity contribution in [3.05, 3.63) is 11.1 Å². The predicted octanol–water partition coefficient (Wildman–Crippen LogP) is 2.82. The molecule has 0 saturated carbocycles. The van der Waals surface area contributed by atoms with Crippen LogP contribution in [0.3, 0.4) is 0 Å². The number of hydrogen-bond donors (Lipinski definition) is 0. The monoisotopic (exact) mass is 240 g/mol. The Bertz CT molecular complexity index is 228. The molecule has 0 aromatic rings. The Labute approximate surface area is 101 Å². The zero-order chi connectivity index (χ0) is 8.59. The summed E-state index contributed by atoms with van der Waals surface area (Å²) in [5.74, 6) is 0.624. The van der Waals surface area contributed by atoms with Gasteiger partial charge in [-0.1, -0.05) is 12.5 Å². The minimum absolute atomic E-state index is 0. The Balaban J connectivity index is 0.00000121. The third-order valence-electron chi connectivity index (χ3n) is 2.94. The molecule has 0 spiro atoms. The molecule has 0 aromatic heterocycles. The molecule has 0 saturated heterocycles. The molecule has 0 amide bonds. The summed E-state index contributed by atoms with van der Waals surface area (Å²) in [6.45, 7) is 10.9. The first-order valence-electron chi connectivity index (χ1n) is 4.26. The van der Waals surface area contributed by atoms with Gasteiger partial charge in [0.25, 0.3) is 0 Å². The van der Waals surface area contributed by atoms with Crippen LogP contribution in [-0.4, -0.2) is 11.8 Å². The average molecular weight is 240 g/mol. The number of rotatable bonds is 0. The maximum atomic E-state index is 4.55. The molecular weight excluding hydrogens is 223 g/mol. The molecular formula is C10H17NY. The van der Waals surface area contributed by atoms with Crippen molar-refractivity contribution in [1.29, 1.82) is 0 Å². The molecule has 65 valence electrons. The molecule has 1 heterocycles. The molecule has 0 unspecified atom stereocenters. The molecule has 2 atom stereocenters. The fraction of sp³-hybridized carbons (Fsp3) is 0.700. The Hall–Kier alpha value is 0.514. The van der Waals surface area contributed by atoms with Crippen LogP contribution >= 0.6 is 0 Å². The summed E-state index contributed by atoms with van der Waals surface area (Å²) in [7, 11) is 0. The van der Waals surface area contributed by atoms with E-state index in [1.807, 2.05) is 0 Å². The molecule has 0 N–H and O–H groups in total. The third kappa shape index (κ3) is 2.26. The summed E-state index contributed by atoms with van der Waals surface area (Å²) in [5, 5.41) is 0. The molecule has 0 aliphatic carbocycles. The number of aliphatic imine (C=N–C) groups is 1. The van der Waals surface area contributed by atoms with Crippen LogP contribution in [0.4, 0.5) is 0 Å². The van der Waals surface area contributed by atoms with Crippen molar-refractivity contribution in [1.82, 2.24) is 0 Å². The largest absolute Gasteiger partial charge is 0.286 e. The molecule has 1 nitrogen and oxygen atoms in total. The van der Waals surface area contributed by atoms with E-state index in [4.69, 9.17) is 0 Å². The van der Waals surface area contributed by atoms with E-state index in [1.54, 1.807) is 0 Å². The van der Waals surface area contributed by atoms with Crippen molar-refractivity contribution < 1.29 is 32.7 Å². The predicted molar refractivity (Wildman–Crippen MR) is 50.1 cm³/mol. The number of nitrogens with zero attached hydrogens (tertiary/aromatic N) is 1. The van der Waals surface area contributed by atoms with E-state index in [2.05, 4.69) is 39.6 Å². The van der Waals surface area contributed by atoms with Gasteiger partial charge in [-0.05, 0) is 39.2 Å². The van der Waals surface area contributed by atoms with Gasteiger partial charge in [0.05, 0.1) is 6.04 Å². The van der Waals surface area contributed by atoms with Gasteiger partial charge in [0.1, 0.15) is 0 Å². The van der Waals surface area contributed by atoms with Crippen molar-refractivity contribution >= 4 is 5.71 Å². The van der Waals surface area contributed by atoms with Crippen molar-refractivity contribution in [3.8, 4) is 0 Å². The van der Waals surface area contributed by atoms with E-state index in [0.29, 0.717) is 12.0 Å². The Morgan fingerprint density at radius 3 is 2.08 bits per heavy atom. The van der Waals surface area contributed by atoms with Crippen LogP contribution in [0, 0.1) is 5.92 Å². The van der Waals surface area contributed by atoms with Crippen molar-refractivity contribution in [3.63, 3.8) is 0 Å². The quantitative estimate of drug-likeness (QED) is 0.617. The zero-order valence-electron chi connectivity index (χ0n) is 8.68. The van der Waals surface area contributed by atoms with Gasteiger partial charge in [0, 0.05) is 38.4 Å². The molecule has 1 radical (unpaired) electrons. The summed E-state index contributed by atoms with van der Waals surface area (Å²) in [6.07, 6.45) is 0. The van der Waals surface area contributed by atoms with Crippen molar-refractivity contribution in [2.24, 2.45) is 10.9 Å². The SMILES string of the molecule is CC1=N[C@H](C)[C@H](C)C(C)=C1C.[Y]. The van der Waals surface area contributed by atoms with Gasteiger partial charge in [-0.25, -0.2) is 0 Å². The summed E-state index contributed by atoms with van der Waals surface area (Å²) in [4.78, 5) is 4.55. The van der Waals surface area contributed by atoms with E-state index in [-0.39, 0.29) is 32.7 Å². The normalized spacial score (nSPS) is 29.6. The second kappa shape index (κ2) is 4.67. The Kier molecular flexibility index (Phi) is 4.87. The van der Waals surface area contributed by atoms with Crippen LogP contribution in [-0.2, 0) is 32.7 Å². The van der Waals surface area contributed by atoms with Gasteiger partial charge < -0.3 is 0 Å². The molecule has 2 heteroatoms. The maximum Gasteiger partial charge on any atom is 0.0537 e. The molecule has 0 fully saturated rings. The first-order valence-corrected chi connectivity index (χ1v) is 4.26. The van der Waals surface area contributed by atoms with Gasteiger partial charge in [0.2, 0.25) is 0 Å². The molecule has 1 rings (SSSR count). The molecule has 1 aliphatic rings. The minimum atomic E-state index is 0. The fourth-order valence-electron chi connectivity index (χ4n) is 1.50. The van der Waals surface area contributed by atoms with Crippen LogP contribution in [0.5, 0.6) is 0 Å². The van der Waals surface area contributed by atoms with Crippen molar-refractivity contribution in [2.75, 3.05) is 0 Å². The van der Waals surface area contributed by atoms with Gasteiger partial charge in [-0.2, -0.15) is 0 Å². The van der Waals surface area contributed by atoms with Crippen molar-refractivity contribution in [2.45, 2.75) is 40.7 Å². The first-order chi connectivity index (χ1) is 5.04. The molecule has 12 heavy (non-hydrogen) atoms. The van der Waals surface area contributed by atoms with Crippen LogP contribution in [0.1, 0.15) is 34.6 Å². The first kappa shape index (κ1) is 12.5. The second-order valence-corrected chi connectivity index (χ2v) is 3.55. The molecule has 1 aliphatic heterocycles. The average Bonchev–Trinajstić information content (AvgIpc) is 1.97. The third-order valence-corrected chi connectivity index (χ3v) is 2.94. The van der Waals surface area contributed by atoms with Gasteiger partial charge in [0.15, 0.2) is 0 Å². The topological polar surface area (TPSA) is 12.4 Å². The number of hydrogen-bond acceptors (Lipinski definition) is 1. The summed E-state index contributed by atoms with van der Waals surface area (Å²) < 4.78 is 0. The maximum absolute atomic E-state index is 4.55. The van der Waals surface area contributed by atoms with Gasteiger partial charge in [-0.15, -0.1) is 0 Å². The summed E-state index contributed by atoms with van der Waals surface area (Å²) >= 11 is 0. The second-order valence-electron chi connectivity index (χ2n) is 3.55. The van der Waals surface area contributed by atoms with E-state index in [0.717, 1.165) is 0 Å².